The van der Waals surface area contributed by atoms with Gasteiger partial charge in [-0.3, -0.25) is 4.79 Å². The molecule has 25 heavy (non-hydrogen) atoms. The Morgan fingerprint density at radius 1 is 1.28 bits per heavy atom. The Bertz CT molecular complexity index is 820. The number of carbonyl (C=O) groups is 1. The first-order chi connectivity index (χ1) is 12.0. The average Bonchev–Trinajstić information content (AvgIpc) is 2.93. The van der Waals surface area contributed by atoms with Crippen molar-refractivity contribution in [3.05, 3.63) is 59.2 Å². The summed E-state index contributed by atoms with van der Waals surface area (Å²) in [5, 5.41) is 11.6. The Kier molecular flexibility index (Phi) is 4.62. The first-order valence-electron chi connectivity index (χ1n) is 8.16. The van der Waals surface area contributed by atoms with Crippen LogP contribution in [0.15, 0.2) is 42.5 Å². The molecule has 0 bridgehead atoms. The maximum Gasteiger partial charge on any atom is 0.258 e. The molecule has 1 aliphatic rings. The number of carbonyl (C=O) groups excluding carboxylic acids is 1. The third kappa shape index (κ3) is 4.10. The number of benzene rings is 2. The smallest absolute Gasteiger partial charge is 0.258 e. The quantitative estimate of drug-likeness (QED) is 0.911. The first kappa shape index (κ1) is 16.8. The molecule has 5 heteroatoms. The van der Waals surface area contributed by atoms with Gasteiger partial charge in [-0.15, -0.1) is 0 Å². The SMILES string of the molecule is CC1(C)Cc2cccc(OCC(=O)NCc3ccc(C#N)cc3)c2O1. The minimum atomic E-state index is -0.250. The van der Waals surface area contributed by atoms with Crippen molar-refractivity contribution < 1.29 is 14.3 Å². The third-order valence-electron chi connectivity index (χ3n) is 3.99. The molecule has 0 unspecified atom stereocenters. The summed E-state index contributed by atoms with van der Waals surface area (Å²) in [6.45, 7) is 4.38. The Balaban J connectivity index is 1.53. The van der Waals surface area contributed by atoms with E-state index in [-0.39, 0.29) is 18.1 Å². The van der Waals surface area contributed by atoms with E-state index in [9.17, 15) is 4.79 Å². The van der Waals surface area contributed by atoms with Gasteiger partial charge in [-0.25, -0.2) is 0 Å². The van der Waals surface area contributed by atoms with Crippen LogP contribution in [-0.2, 0) is 17.8 Å². The van der Waals surface area contributed by atoms with Crippen LogP contribution in [-0.4, -0.2) is 18.1 Å². The largest absolute Gasteiger partial charge is 0.483 e. The number of fused-ring (bicyclic) bond motifs is 1. The van der Waals surface area contributed by atoms with Crippen LogP contribution in [0.5, 0.6) is 11.5 Å². The molecule has 1 amide bonds. The normalized spacial score (nSPS) is 14.1. The van der Waals surface area contributed by atoms with E-state index in [4.69, 9.17) is 14.7 Å². The fourth-order valence-electron chi connectivity index (χ4n) is 2.79. The second-order valence-electron chi connectivity index (χ2n) is 6.66. The summed E-state index contributed by atoms with van der Waals surface area (Å²) in [6.07, 6.45) is 0.824. The van der Waals surface area contributed by atoms with Crippen molar-refractivity contribution in [3.63, 3.8) is 0 Å². The number of para-hydroxylation sites is 1. The lowest BCUT2D eigenvalue weighted by Gasteiger charge is -2.18. The molecule has 3 rings (SSSR count). The lowest BCUT2D eigenvalue weighted by atomic mass is 10.0. The van der Waals surface area contributed by atoms with Crippen LogP contribution in [0.1, 0.15) is 30.5 Å². The van der Waals surface area contributed by atoms with Crippen LogP contribution < -0.4 is 14.8 Å². The molecule has 0 aliphatic carbocycles. The monoisotopic (exact) mass is 336 g/mol. The number of nitrogens with one attached hydrogen (secondary N) is 1. The first-order valence-corrected chi connectivity index (χ1v) is 8.16. The number of amides is 1. The van der Waals surface area contributed by atoms with Crippen molar-refractivity contribution in [1.82, 2.24) is 5.32 Å². The van der Waals surface area contributed by atoms with Gasteiger partial charge in [-0.2, -0.15) is 5.26 Å². The summed E-state index contributed by atoms with van der Waals surface area (Å²) in [5.41, 5.74) is 2.37. The van der Waals surface area contributed by atoms with E-state index >= 15 is 0 Å². The molecule has 2 aromatic rings. The fraction of sp³-hybridized carbons (Fsp3) is 0.300. The highest BCUT2D eigenvalue weighted by Gasteiger charge is 2.32. The Morgan fingerprint density at radius 2 is 2.04 bits per heavy atom. The van der Waals surface area contributed by atoms with Crippen LogP contribution in [0.2, 0.25) is 0 Å². The van der Waals surface area contributed by atoms with Crippen molar-refractivity contribution in [2.75, 3.05) is 6.61 Å². The van der Waals surface area contributed by atoms with Crippen LogP contribution in [0, 0.1) is 11.3 Å². The van der Waals surface area contributed by atoms with E-state index in [1.807, 2.05) is 44.2 Å². The number of nitrogens with zero attached hydrogens (tertiary/aromatic N) is 1. The maximum absolute atomic E-state index is 12.0. The lowest BCUT2D eigenvalue weighted by molar-refractivity contribution is -0.123. The number of ether oxygens (including phenoxy) is 2. The highest BCUT2D eigenvalue weighted by atomic mass is 16.5. The minimum absolute atomic E-state index is 0.0729. The zero-order chi connectivity index (χ0) is 17.9. The lowest BCUT2D eigenvalue weighted by Crippen LogP contribution is -2.28. The molecule has 0 saturated carbocycles. The van der Waals surface area contributed by atoms with Gasteiger partial charge >= 0.3 is 0 Å². The Morgan fingerprint density at radius 3 is 2.76 bits per heavy atom. The van der Waals surface area contributed by atoms with Gasteiger partial charge in [-0.1, -0.05) is 24.3 Å². The average molecular weight is 336 g/mol. The molecule has 0 saturated heterocycles. The Labute approximate surface area is 147 Å². The van der Waals surface area contributed by atoms with Gasteiger partial charge in [-0.05, 0) is 37.6 Å². The van der Waals surface area contributed by atoms with Crippen LogP contribution in [0.4, 0.5) is 0 Å². The summed E-state index contributed by atoms with van der Waals surface area (Å²) in [4.78, 5) is 12.0. The van der Waals surface area contributed by atoms with Gasteiger partial charge in [0.1, 0.15) is 5.60 Å². The number of hydrogen-bond acceptors (Lipinski definition) is 4. The predicted molar refractivity (Wildman–Crippen MR) is 93.4 cm³/mol. The van der Waals surface area contributed by atoms with Crippen molar-refractivity contribution in [3.8, 4) is 17.6 Å². The number of rotatable bonds is 5. The molecule has 0 fully saturated rings. The fourth-order valence-corrected chi connectivity index (χ4v) is 2.79. The zero-order valence-corrected chi connectivity index (χ0v) is 14.3. The van der Waals surface area contributed by atoms with E-state index in [0.29, 0.717) is 17.9 Å². The number of hydrogen-bond donors (Lipinski definition) is 1. The number of nitriles is 1. The zero-order valence-electron chi connectivity index (χ0n) is 14.3. The second kappa shape index (κ2) is 6.86. The van der Waals surface area contributed by atoms with Gasteiger partial charge in [0, 0.05) is 18.5 Å². The van der Waals surface area contributed by atoms with Crippen molar-refractivity contribution in [1.29, 1.82) is 5.26 Å². The van der Waals surface area contributed by atoms with Crippen LogP contribution in [0.3, 0.4) is 0 Å². The molecule has 0 spiro atoms. The molecule has 2 aromatic carbocycles. The molecule has 128 valence electrons. The standard InChI is InChI=1S/C20H20N2O3/c1-20(2)10-16-4-3-5-17(19(16)25-20)24-13-18(23)22-12-15-8-6-14(11-21)7-9-15/h3-9H,10,12-13H2,1-2H3,(H,22,23). The summed E-state index contributed by atoms with van der Waals surface area (Å²) < 4.78 is 11.6. The van der Waals surface area contributed by atoms with Crippen molar-refractivity contribution in [2.24, 2.45) is 0 Å². The highest BCUT2D eigenvalue weighted by Crippen LogP contribution is 2.41. The summed E-state index contributed by atoms with van der Waals surface area (Å²) in [6, 6.07) is 14.9. The maximum atomic E-state index is 12.0. The van der Waals surface area contributed by atoms with Gasteiger partial charge in [0.2, 0.25) is 0 Å². The summed E-state index contributed by atoms with van der Waals surface area (Å²) in [5.74, 6) is 1.11. The van der Waals surface area contributed by atoms with Crippen LogP contribution >= 0.6 is 0 Å². The molecule has 1 N–H and O–H groups in total. The molecular formula is C20H20N2O3. The minimum Gasteiger partial charge on any atom is -0.483 e. The van der Waals surface area contributed by atoms with Crippen molar-refractivity contribution in [2.45, 2.75) is 32.4 Å². The predicted octanol–water partition coefficient (Wildman–Crippen LogP) is 2.97. The van der Waals surface area contributed by atoms with E-state index < -0.39 is 0 Å². The van der Waals surface area contributed by atoms with Gasteiger partial charge in [0.25, 0.3) is 5.91 Å². The van der Waals surface area contributed by atoms with E-state index in [1.165, 1.54) is 0 Å². The highest BCUT2D eigenvalue weighted by molar-refractivity contribution is 5.77. The molecule has 1 heterocycles. The molecule has 1 aliphatic heterocycles. The van der Waals surface area contributed by atoms with Gasteiger partial charge in [0.15, 0.2) is 18.1 Å². The Hall–Kier alpha value is -3.00. The summed E-state index contributed by atoms with van der Waals surface area (Å²) in [7, 11) is 0. The van der Waals surface area contributed by atoms with E-state index in [0.717, 1.165) is 23.3 Å². The molecule has 5 nitrogen and oxygen atoms in total. The molecule has 0 atom stereocenters. The third-order valence-corrected chi connectivity index (χ3v) is 3.99. The van der Waals surface area contributed by atoms with Gasteiger partial charge in [0.05, 0.1) is 11.6 Å². The molecular weight excluding hydrogens is 316 g/mol. The van der Waals surface area contributed by atoms with E-state index in [1.54, 1.807) is 12.1 Å². The topological polar surface area (TPSA) is 71.3 Å². The molecule has 0 aromatic heterocycles. The summed E-state index contributed by atoms with van der Waals surface area (Å²) >= 11 is 0. The van der Waals surface area contributed by atoms with Crippen LogP contribution in [0.25, 0.3) is 0 Å². The molecule has 0 radical (unpaired) electrons. The van der Waals surface area contributed by atoms with E-state index in [2.05, 4.69) is 11.4 Å². The second-order valence-corrected chi connectivity index (χ2v) is 6.66. The van der Waals surface area contributed by atoms with Crippen molar-refractivity contribution >= 4 is 5.91 Å². The van der Waals surface area contributed by atoms with Gasteiger partial charge < -0.3 is 14.8 Å².